The first-order valence-electron chi connectivity index (χ1n) is 2.18. The van der Waals surface area contributed by atoms with Gasteiger partial charge in [-0.15, -0.1) is 0 Å². The molecule has 2 nitrogen and oxygen atoms in total. The topological polar surface area (TPSA) is 26.3 Å². The van der Waals surface area contributed by atoms with E-state index in [0.29, 0.717) is 0 Å². The van der Waals surface area contributed by atoms with Crippen LogP contribution in [0, 0.1) is 0 Å². The predicted molar refractivity (Wildman–Crippen MR) is 38.0 cm³/mol. The molecule has 0 bridgehead atoms. The molecule has 0 heterocycles. The van der Waals surface area contributed by atoms with Gasteiger partial charge in [0.2, 0.25) is 0 Å². The summed E-state index contributed by atoms with van der Waals surface area (Å²) >= 11 is 5.67. The summed E-state index contributed by atoms with van der Waals surface area (Å²) in [6.07, 6.45) is 0.741. The lowest BCUT2D eigenvalue weighted by atomic mass is 10.3. The molecule has 1 unspecified atom stereocenters. The van der Waals surface area contributed by atoms with E-state index in [0.717, 1.165) is 6.42 Å². The molecule has 48 valence electrons. The van der Waals surface area contributed by atoms with Crippen LogP contribution in [0.4, 0.5) is 0 Å². The molecule has 0 rings (SSSR count). The number of hydrogen-bond donors (Lipinski definition) is 0. The van der Waals surface area contributed by atoms with Gasteiger partial charge in [0.15, 0.2) is 16.3 Å². The van der Waals surface area contributed by atoms with Crippen molar-refractivity contribution < 1.29 is 8.62 Å². The highest BCUT2D eigenvalue weighted by Crippen LogP contribution is 2.07. The molecule has 0 amide bonds. The molecule has 0 saturated heterocycles. The quantitative estimate of drug-likeness (QED) is 0.696. The molecule has 0 aromatic heterocycles. The average Bonchev–Trinajstić information content (AvgIpc) is 1.84. The Kier molecular flexibility index (Phi) is 4.56. The second kappa shape index (κ2) is 4.32. The van der Waals surface area contributed by atoms with Gasteiger partial charge in [0, 0.05) is 0 Å². The van der Waals surface area contributed by atoms with Crippen molar-refractivity contribution in [1.82, 2.24) is 0 Å². The maximum Gasteiger partial charge on any atom is 0.331 e. The largest absolute Gasteiger partial charge is 0.383 e. The van der Waals surface area contributed by atoms with Gasteiger partial charge in [0.25, 0.3) is 0 Å². The van der Waals surface area contributed by atoms with Gasteiger partial charge in [-0.1, -0.05) is 22.9 Å². The van der Waals surface area contributed by atoms with Gasteiger partial charge in [-0.05, 0) is 6.42 Å². The van der Waals surface area contributed by atoms with Crippen LogP contribution < -0.4 is 0 Å². The summed E-state index contributed by atoms with van der Waals surface area (Å²) in [6, 6.07) is 0. The minimum absolute atomic E-state index is 0.179. The van der Waals surface area contributed by atoms with E-state index in [1.54, 1.807) is 0 Å². The first-order valence-corrected chi connectivity index (χ1v) is 3.75. The highest BCUT2D eigenvalue weighted by molar-refractivity contribution is 9.10. The monoisotopic (exact) mass is 244 g/mol. The number of carbonyl (C=O) groups excluding carboxylic acids is 1. The molecule has 0 spiro atoms. The number of hydrogen-bond acceptors (Lipinski definition) is 2. The normalized spacial score (nSPS) is 12.9. The summed E-state index contributed by atoms with van der Waals surface area (Å²) in [5.41, 5.74) is 0. The van der Waals surface area contributed by atoms with E-state index in [-0.39, 0.29) is 10.8 Å². The fourth-order valence-corrected chi connectivity index (χ4v) is 0.785. The van der Waals surface area contributed by atoms with Crippen molar-refractivity contribution in [1.29, 1.82) is 0 Å². The Bertz CT molecular complexity index is 84.1. The maximum atomic E-state index is 10.4. The number of carbonyl (C=O) groups is 1. The van der Waals surface area contributed by atoms with Crippen molar-refractivity contribution in [2.45, 2.75) is 18.2 Å². The van der Waals surface area contributed by atoms with E-state index in [4.69, 9.17) is 0 Å². The van der Waals surface area contributed by atoms with Crippen molar-refractivity contribution >= 4 is 38.2 Å². The van der Waals surface area contributed by atoms with Crippen LogP contribution in [0.2, 0.25) is 0 Å². The van der Waals surface area contributed by atoms with Crippen molar-refractivity contribution in [3.63, 3.8) is 0 Å². The second-order valence-corrected chi connectivity index (χ2v) is 2.70. The number of halogens is 2. The van der Waals surface area contributed by atoms with E-state index < -0.39 is 0 Å². The Hall–Kier alpha value is 0.430. The number of alkyl halides is 1. The molecule has 0 aromatic carbocycles. The molecule has 4 heteroatoms. The number of rotatable bonds is 2. The van der Waals surface area contributed by atoms with E-state index in [2.05, 4.69) is 36.0 Å². The van der Waals surface area contributed by atoms with Crippen molar-refractivity contribution in [3.8, 4) is 0 Å². The average molecular weight is 246 g/mol. The Morgan fingerprint density at radius 3 is 2.50 bits per heavy atom. The SMILES string of the molecule is CCC(Br)C(=O)OBr. The van der Waals surface area contributed by atoms with Crippen LogP contribution in [0.5, 0.6) is 0 Å². The fourth-order valence-electron chi connectivity index (χ4n) is 0.215. The van der Waals surface area contributed by atoms with Gasteiger partial charge >= 0.3 is 5.97 Å². The van der Waals surface area contributed by atoms with Gasteiger partial charge in [0.1, 0.15) is 4.83 Å². The molecule has 0 aliphatic heterocycles. The minimum Gasteiger partial charge on any atom is -0.383 e. The maximum absolute atomic E-state index is 10.4. The van der Waals surface area contributed by atoms with Crippen LogP contribution in [0.25, 0.3) is 0 Å². The third-order valence-corrected chi connectivity index (χ3v) is 2.03. The smallest absolute Gasteiger partial charge is 0.331 e. The lowest BCUT2D eigenvalue weighted by Gasteiger charge is -1.98. The van der Waals surface area contributed by atoms with Crippen LogP contribution in [-0.4, -0.2) is 10.8 Å². The van der Waals surface area contributed by atoms with E-state index in [9.17, 15) is 4.79 Å². The van der Waals surface area contributed by atoms with Crippen molar-refractivity contribution in [2.24, 2.45) is 0 Å². The fraction of sp³-hybridized carbons (Fsp3) is 0.750. The summed E-state index contributed by atoms with van der Waals surface area (Å²) in [5.74, 6) is -0.285. The van der Waals surface area contributed by atoms with Crippen LogP contribution in [0.15, 0.2) is 0 Å². The lowest BCUT2D eigenvalue weighted by Crippen LogP contribution is -2.11. The minimum atomic E-state index is -0.285. The lowest BCUT2D eigenvalue weighted by molar-refractivity contribution is -0.131. The van der Waals surface area contributed by atoms with Crippen molar-refractivity contribution in [2.75, 3.05) is 0 Å². The first-order chi connectivity index (χ1) is 3.72. The highest BCUT2D eigenvalue weighted by Gasteiger charge is 2.11. The molecule has 0 fully saturated rings. The van der Waals surface area contributed by atoms with Gasteiger partial charge in [-0.25, -0.2) is 4.79 Å². The first kappa shape index (κ1) is 8.43. The van der Waals surface area contributed by atoms with E-state index in [1.807, 2.05) is 6.92 Å². The predicted octanol–water partition coefficient (Wildman–Crippen LogP) is 2.01. The Balaban J connectivity index is 3.46. The standard InChI is InChI=1S/C4H6Br2O2/c1-2-3(5)4(7)8-6/h3H,2H2,1H3. The Morgan fingerprint density at radius 2 is 2.38 bits per heavy atom. The molecule has 8 heavy (non-hydrogen) atoms. The zero-order chi connectivity index (χ0) is 6.57. The summed E-state index contributed by atoms with van der Waals surface area (Å²) < 4.78 is 4.23. The van der Waals surface area contributed by atoms with Gasteiger partial charge < -0.3 is 3.83 Å². The van der Waals surface area contributed by atoms with Crippen LogP contribution in [0.3, 0.4) is 0 Å². The van der Waals surface area contributed by atoms with Gasteiger partial charge in [-0.2, -0.15) is 0 Å². The molecule has 1 atom stereocenters. The molecule has 0 N–H and O–H groups in total. The summed E-state index contributed by atoms with van der Waals surface area (Å²) in [4.78, 5) is 10.2. The Labute approximate surface area is 65.2 Å². The zero-order valence-electron chi connectivity index (χ0n) is 4.36. The second-order valence-electron chi connectivity index (χ2n) is 1.27. The summed E-state index contributed by atoms with van der Waals surface area (Å²) in [5, 5.41) is 0. The molecular formula is C4H6Br2O2. The molecular weight excluding hydrogens is 240 g/mol. The summed E-state index contributed by atoms with van der Waals surface area (Å²) in [6.45, 7) is 1.89. The third-order valence-electron chi connectivity index (χ3n) is 0.690. The van der Waals surface area contributed by atoms with Gasteiger partial charge in [-0.3, -0.25) is 0 Å². The van der Waals surface area contributed by atoms with Gasteiger partial charge in [0.05, 0.1) is 0 Å². The van der Waals surface area contributed by atoms with E-state index >= 15 is 0 Å². The Morgan fingerprint density at radius 1 is 1.88 bits per heavy atom. The zero-order valence-corrected chi connectivity index (χ0v) is 7.53. The molecule has 0 saturated carbocycles. The molecule has 0 radical (unpaired) electrons. The summed E-state index contributed by atoms with van der Waals surface area (Å²) in [7, 11) is 0. The molecule has 0 aliphatic carbocycles. The van der Waals surface area contributed by atoms with Crippen LogP contribution >= 0.6 is 32.2 Å². The van der Waals surface area contributed by atoms with Crippen LogP contribution in [-0.2, 0) is 8.62 Å². The molecule has 0 aliphatic rings. The highest BCUT2D eigenvalue weighted by atomic mass is 79.9. The van der Waals surface area contributed by atoms with E-state index in [1.165, 1.54) is 0 Å². The third kappa shape index (κ3) is 2.67. The molecule has 0 aromatic rings. The van der Waals surface area contributed by atoms with Crippen LogP contribution in [0.1, 0.15) is 13.3 Å². The van der Waals surface area contributed by atoms with Crippen molar-refractivity contribution in [3.05, 3.63) is 0 Å².